The fraction of sp³-hybridized carbons (Fsp3) is 0.368. The van der Waals surface area contributed by atoms with E-state index in [9.17, 15) is 13.2 Å². The Kier molecular flexibility index (Phi) is 5.39. The molecule has 0 fully saturated rings. The van der Waals surface area contributed by atoms with Crippen molar-refractivity contribution in [3.8, 4) is 11.4 Å². The Morgan fingerprint density at radius 1 is 1.15 bits per heavy atom. The summed E-state index contributed by atoms with van der Waals surface area (Å²) >= 11 is 1.66. The van der Waals surface area contributed by atoms with Gasteiger partial charge in [0.1, 0.15) is 0 Å². The summed E-state index contributed by atoms with van der Waals surface area (Å²) in [5.41, 5.74) is -0.505. The van der Waals surface area contributed by atoms with Crippen LogP contribution in [0.25, 0.3) is 11.4 Å². The van der Waals surface area contributed by atoms with E-state index in [0.717, 1.165) is 12.1 Å². The van der Waals surface area contributed by atoms with Gasteiger partial charge in [0, 0.05) is 16.5 Å². The minimum Gasteiger partial charge on any atom is -0.338 e. The van der Waals surface area contributed by atoms with E-state index in [-0.39, 0.29) is 22.8 Å². The number of benzene rings is 1. The molecule has 0 radical (unpaired) electrons. The van der Waals surface area contributed by atoms with Crippen LogP contribution in [0.2, 0.25) is 0 Å². The number of thiophene rings is 1. The predicted molar refractivity (Wildman–Crippen MR) is 98.1 cm³/mol. The zero-order valence-electron chi connectivity index (χ0n) is 15.2. The molecule has 2 heterocycles. The Morgan fingerprint density at radius 2 is 1.93 bits per heavy atom. The first kappa shape index (κ1) is 19.6. The number of hydrogen-bond acceptors (Lipinski definition) is 5. The zero-order valence-corrected chi connectivity index (χ0v) is 16.0. The molecule has 1 atom stereocenters. The van der Waals surface area contributed by atoms with Crippen molar-refractivity contribution < 1.29 is 17.7 Å². The lowest BCUT2D eigenvalue weighted by Gasteiger charge is -2.30. The number of aromatic nitrogens is 2. The monoisotopic (exact) mass is 395 g/mol. The van der Waals surface area contributed by atoms with Crippen LogP contribution < -0.4 is 5.32 Å². The topological polar surface area (TPSA) is 51.0 Å². The highest BCUT2D eigenvalue weighted by atomic mass is 32.1. The quantitative estimate of drug-likeness (QED) is 0.603. The number of rotatable bonds is 5. The van der Waals surface area contributed by atoms with Gasteiger partial charge in [-0.1, -0.05) is 44.1 Å². The molecule has 0 aliphatic rings. The standard InChI is InChI=1S/C19H20F3N3OS/c1-18(2,3)16(14-8-5-9-27-14)23-11-15-24-17(25-26-15)12-6-4-7-13(10-12)19(20,21)22/h4-10,16,23H,11H2,1-3H3. The summed E-state index contributed by atoms with van der Waals surface area (Å²) in [7, 11) is 0. The number of alkyl halides is 3. The van der Waals surface area contributed by atoms with E-state index in [2.05, 4.69) is 42.3 Å². The number of nitrogens with one attached hydrogen (secondary N) is 1. The molecule has 0 spiro atoms. The van der Waals surface area contributed by atoms with E-state index in [4.69, 9.17) is 4.52 Å². The second kappa shape index (κ2) is 7.44. The lowest BCUT2D eigenvalue weighted by molar-refractivity contribution is -0.137. The van der Waals surface area contributed by atoms with Crippen LogP contribution in [0.1, 0.15) is 43.1 Å². The molecule has 0 bridgehead atoms. The van der Waals surface area contributed by atoms with Crippen molar-refractivity contribution in [1.82, 2.24) is 15.5 Å². The van der Waals surface area contributed by atoms with Crippen molar-refractivity contribution in [2.24, 2.45) is 5.41 Å². The molecular weight excluding hydrogens is 375 g/mol. The molecule has 0 aliphatic carbocycles. The third-order valence-corrected chi connectivity index (χ3v) is 5.00. The predicted octanol–water partition coefficient (Wildman–Crippen LogP) is 5.69. The van der Waals surface area contributed by atoms with Crippen LogP contribution in [-0.2, 0) is 12.7 Å². The molecule has 0 amide bonds. The van der Waals surface area contributed by atoms with Crippen LogP contribution >= 0.6 is 11.3 Å². The fourth-order valence-corrected chi connectivity index (χ4v) is 3.80. The van der Waals surface area contributed by atoms with Gasteiger partial charge in [-0.3, -0.25) is 0 Å². The minimum absolute atomic E-state index is 0.0330. The molecule has 8 heteroatoms. The summed E-state index contributed by atoms with van der Waals surface area (Å²) in [4.78, 5) is 5.43. The Labute approximate surface area is 159 Å². The van der Waals surface area contributed by atoms with Gasteiger partial charge in [-0.15, -0.1) is 11.3 Å². The molecule has 0 saturated carbocycles. The normalized spacial score (nSPS) is 13.7. The molecule has 27 heavy (non-hydrogen) atoms. The van der Waals surface area contributed by atoms with Crippen LogP contribution in [0.15, 0.2) is 46.3 Å². The zero-order chi connectivity index (χ0) is 19.7. The maximum absolute atomic E-state index is 12.9. The second-order valence-corrected chi connectivity index (χ2v) is 8.26. The van der Waals surface area contributed by atoms with Gasteiger partial charge in [0.25, 0.3) is 0 Å². The largest absolute Gasteiger partial charge is 0.416 e. The Hall–Kier alpha value is -2.19. The van der Waals surface area contributed by atoms with Crippen LogP contribution in [0.3, 0.4) is 0 Å². The van der Waals surface area contributed by atoms with E-state index in [1.165, 1.54) is 17.0 Å². The lowest BCUT2D eigenvalue weighted by Crippen LogP contribution is -2.31. The molecule has 3 rings (SSSR count). The number of hydrogen-bond donors (Lipinski definition) is 1. The molecule has 0 aliphatic heterocycles. The second-order valence-electron chi connectivity index (χ2n) is 7.29. The van der Waals surface area contributed by atoms with Gasteiger partial charge < -0.3 is 9.84 Å². The van der Waals surface area contributed by atoms with Crippen LogP contribution in [-0.4, -0.2) is 10.1 Å². The molecule has 2 aromatic heterocycles. The highest BCUT2D eigenvalue weighted by molar-refractivity contribution is 7.10. The van der Waals surface area contributed by atoms with E-state index in [0.29, 0.717) is 12.4 Å². The molecule has 3 aromatic rings. The third-order valence-electron chi connectivity index (χ3n) is 4.07. The first-order valence-electron chi connectivity index (χ1n) is 8.41. The third kappa shape index (κ3) is 4.75. The van der Waals surface area contributed by atoms with Crippen molar-refractivity contribution in [2.75, 3.05) is 0 Å². The number of nitrogens with zero attached hydrogens (tertiary/aromatic N) is 2. The summed E-state index contributed by atoms with van der Waals surface area (Å²) in [6.07, 6.45) is -4.41. The fourth-order valence-electron chi connectivity index (χ4n) is 2.76. The first-order chi connectivity index (χ1) is 12.6. The van der Waals surface area contributed by atoms with Gasteiger partial charge in [-0.25, -0.2) is 0 Å². The molecule has 1 aromatic carbocycles. The van der Waals surface area contributed by atoms with Gasteiger partial charge in [-0.2, -0.15) is 18.2 Å². The Morgan fingerprint density at radius 3 is 2.56 bits per heavy atom. The van der Waals surface area contributed by atoms with Crippen molar-refractivity contribution in [1.29, 1.82) is 0 Å². The van der Waals surface area contributed by atoms with Gasteiger partial charge in [0.05, 0.1) is 12.1 Å². The van der Waals surface area contributed by atoms with Crippen molar-refractivity contribution in [2.45, 2.75) is 39.5 Å². The number of halogens is 3. The summed E-state index contributed by atoms with van der Waals surface area (Å²) in [6.45, 7) is 6.72. The smallest absolute Gasteiger partial charge is 0.338 e. The maximum Gasteiger partial charge on any atom is 0.416 e. The summed E-state index contributed by atoms with van der Waals surface area (Å²) in [5, 5.41) is 9.26. The highest BCUT2D eigenvalue weighted by Crippen LogP contribution is 2.35. The molecule has 4 nitrogen and oxygen atoms in total. The molecular formula is C19H20F3N3OS. The van der Waals surface area contributed by atoms with Crippen molar-refractivity contribution in [3.05, 3.63) is 58.1 Å². The van der Waals surface area contributed by atoms with E-state index in [1.54, 1.807) is 11.3 Å². The van der Waals surface area contributed by atoms with Gasteiger partial charge in [0.15, 0.2) is 0 Å². The van der Waals surface area contributed by atoms with Gasteiger partial charge in [0.2, 0.25) is 11.7 Å². The summed E-state index contributed by atoms with van der Waals surface area (Å²) in [6, 6.07) is 9.04. The Bertz CT molecular complexity index is 882. The van der Waals surface area contributed by atoms with Crippen LogP contribution in [0.5, 0.6) is 0 Å². The van der Waals surface area contributed by atoms with Crippen molar-refractivity contribution in [3.63, 3.8) is 0 Å². The average Bonchev–Trinajstić information content (AvgIpc) is 3.25. The first-order valence-corrected chi connectivity index (χ1v) is 9.29. The van der Waals surface area contributed by atoms with E-state index in [1.807, 2.05) is 11.4 Å². The SMILES string of the molecule is CC(C)(C)C(NCc1nc(-c2cccc(C(F)(F)F)c2)no1)c1cccs1. The van der Waals surface area contributed by atoms with Crippen LogP contribution in [0.4, 0.5) is 13.2 Å². The minimum atomic E-state index is -4.41. The van der Waals surface area contributed by atoms with E-state index < -0.39 is 11.7 Å². The average molecular weight is 395 g/mol. The van der Waals surface area contributed by atoms with Crippen molar-refractivity contribution >= 4 is 11.3 Å². The molecule has 1 N–H and O–H groups in total. The lowest BCUT2D eigenvalue weighted by atomic mass is 9.86. The van der Waals surface area contributed by atoms with E-state index >= 15 is 0 Å². The maximum atomic E-state index is 12.9. The molecule has 144 valence electrons. The molecule has 1 unspecified atom stereocenters. The Balaban J connectivity index is 1.75. The summed E-state index contributed by atoms with van der Waals surface area (Å²) in [5.74, 6) is 0.467. The highest BCUT2D eigenvalue weighted by Gasteiger charge is 2.31. The van der Waals surface area contributed by atoms with Crippen LogP contribution in [0, 0.1) is 5.41 Å². The summed E-state index contributed by atoms with van der Waals surface area (Å²) < 4.78 is 43.8. The van der Waals surface area contributed by atoms with Gasteiger partial charge >= 0.3 is 6.18 Å². The van der Waals surface area contributed by atoms with Gasteiger partial charge in [-0.05, 0) is 29.0 Å². The molecule has 0 saturated heterocycles.